The molecule has 1 aromatic carbocycles. The first-order valence-electron chi connectivity index (χ1n) is 7.77. The van der Waals surface area contributed by atoms with Crippen molar-refractivity contribution in [3.63, 3.8) is 0 Å². The van der Waals surface area contributed by atoms with E-state index in [1.165, 1.54) is 11.8 Å². The van der Waals surface area contributed by atoms with Gasteiger partial charge in [-0.15, -0.1) is 11.8 Å². The molecule has 2 unspecified atom stereocenters. The molecule has 0 aromatic heterocycles. The maximum atomic E-state index is 12.4. The zero-order chi connectivity index (χ0) is 15.3. The molecule has 4 rings (SSSR count). The molecule has 4 heteroatoms. The molecule has 3 aliphatic carbocycles. The summed E-state index contributed by atoms with van der Waals surface area (Å²) in [5.74, 6) is 1.01. The van der Waals surface area contributed by atoms with Gasteiger partial charge in [0.1, 0.15) is 0 Å². The molecule has 22 heavy (non-hydrogen) atoms. The first-order chi connectivity index (χ1) is 10.6. The maximum absolute atomic E-state index is 12.4. The van der Waals surface area contributed by atoms with Crippen molar-refractivity contribution in [1.82, 2.24) is 0 Å². The quantitative estimate of drug-likeness (QED) is 0.488. The van der Waals surface area contributed by atoms with Crippen LogP contribution in [0.3, 0.4) is 0 Å². The molecule has 0 aliphatic heterocycles. The highest BCUT2D eigenvalue weighted by molar-refractivity contribution is 8.00. The van der Waals surface area contributed by atoms with Gasteiger partial charge in [0.2, 0.25) is 0 Å². The van der Waals surface area contributed by atoms with Crippen molar-refractivity contribution in [2.75, 3.05) is 0 Å². The predicted octanol–water partition coefficient (Wildman–Crippen LogP) is 3.31. The fraction of sp³-hybridized carbons (Fsp3) is 0.444. The van der Waals surface area contributed by atoms with E-state index < -0.39 is 5.97 Å². The molecular weight excluding hydrogens is 296 g/mol. The lowest BCUT2D eigenvalue weighted by molar-refractivity contribution is -0.167. The second-order valence-corrected chi connectivity index (χ2v) is 7.69. The van der Waals surface area contributed by atoms with Crippen molar-refractivity contribution in [2.24, 2.45) is 29.6 Å². The summed E-state index contributed by atoms with van der Waals surface area (Å²) in [6, 6.07) is 10.2. The topological polar surface area (TPSA) is 43.4 Å². The Hall–Kier alpha value is -1.55. The SMILES string of the molecule is CC(=O)OC(=O)C1C(Sc2ccccc2)[C@H]2[C@@H]1[C@H]1C=C[C@@H]2C1. The number of hydrogen-bond acceptors (Lipinski definition) is 4. The van der Waals surface area contributed by atoms with Crippen LogP contribution in [-0.4, -0.2) is 17.2 Å². The number of allylic oxidation sites excluding steroid dienone is 2. The van der Waals surface area contributed by atoms with Crippen molar-refractivity contribution in [2.45, 2.75) is 23.5 Å². The molecule has 3 aliphatic rings. The van der Waals surface area contributed by atoms with Gasteiger partial charge in [0.15, 0.2) is 0 Å². The van der Waals surface area contributed by atoms with Crippen molar-refractivity contribution >= 4 is 23.7 Å². The maximum Gasteiger partial charge on any atom is 0.318 e. The van der Waals surface area contributed by atoms with Crippen molar-refractivity contribution < 1.29 is 14.3 Å². The minimum atomic E-state index is -0.504. The fourth-order valence-electron chi connectivity index (χ4n) is 4.49. The summed E-state index contributed by atoms with van der Waals surface area (Å²) >= 11 is 1.76. The molecule has 0 spiro atoms. The second kappa shape index (κ2) is 5.27. The van der Waals surface area contributed by atoms with E-state index in [0.717, 1.165) is 6.42 Å². The number of thioether (sulfide) groups is 1. The van der Waals surface area contributed by atoms with Crippen molar-refractivity contribution in [3.05, 3.63) is 42.5 Å². The lowest BCUT2D eigenvalue weighted by Crippen LogP contribution is -2.55. The predicted molar refractivity (Wildman–Crippen MR) is 84.1 cm³/mol. The number of benzene rings is 1. The molecule has 114 valence electrons. The Kier molecular flexibility index (Phi) is 3.37. The van der Waals surface area contributed by atoms with Crippen LogP contribution in [-0.2, 0) is 14.3 Å². The summed E-state index contributed by atoms with van der Waals surface area (Å²) in [7, 11) is 0. The van der Waals surface area contributed by atoms with Gasteiger partial charge in [0.05, 0.1) is 5.92 Å². The summed E-state index contributed by atoms with van der Waals surface area (Å²) in [6.07, 6.45) is 5.73. The molecule has 6 atom stereocenters. The molecule has 3 nitrogen and oxygen atoms in total. The van der Waals surface area contributed by atoms with Gasteiger partial charge in [0, 0.05) is 17.1 Å². The number of carbonyl (C=O) groups is 2. The Labute approximate surface area is 134 Å². The Morgan fingerprint density at radius 3 is 2.45 bits per heavy atom. The zero-order valence-electron chi connectivity index (χ0n) is 12.3. The minimum Gasteiger partial charge on any atom is -0.393 e. The number of carbonyl (C=O) groups excluding carboxylic acids is 2. The summed E-state index contributed by atoms with van der Waals surface area (Å²) in [4.78, 5) is 24.7. The fourth-order valence-corrected chi connectivity index (χ4v) is 6.10. The van der Waals surface area contributed by atoms with Crippen molar-refractivity contribution in [3.8, 4) is 0 Å². The number of esters is 2. The Morgan fingerprint density at radius 1 is 1.09 bits per heavy atom. The largest absolute Gasteiger partial charge is 0.393 e. The Bertz CT molecular complexity index is 639. The first kappa shape index (κ1) is 14.1. The van der Waals surface area contributed by atoms with Crippen LogP contribution in [0.1, 0.15) is 13.3 Å². The van der Waals surface area contributed by atoms with Gasteiger partial charge in [-0.3, -0.25) is 9.59 Å². The highest BCUT2D eigenvalue weighted by atomic mass is 32.2. The number of hydrogen-bond donors (Lipinski definition) is 0. The molecule has 0 saturated heterocycles. The van der Waals surface area contributed by atoms with E-state index in [9.17, 15) is 9.59 Å². The van der Waals surface area contributed by atoms with Gasteiger partial charge in [-0.1, -0.05) is 30.4 Å². The highest BCUT2D eigenvalue weighted by Gasteiger charge is 2.64. The monoisotopic (exact) mass is 314 g/mol. The Balaban J connectivity index is 1.58. The molecule has 0 radical (unpaired) electrons. The second-order valence-electron chi connectivity index (χ2n) is 6.44. The highest BCUT2D eigenvalue weighted by Crippen LogP contribution is 2.65. The summed E-state index contributed by atoms with van der Waals surface area (Å²) in [5.41, 5.74) is 0. The molecule has 2 bridgehead atoms. The van der Waals surface area contributed by atoms with Crippen LogP contribution >= 0.6 is 11.8 Å². The van der Waals surface area contributed by atoms with Crippen LogP contribution in [0.2, 0.25) is 0 Å². The van der Waals surface area contributed by atoms with Crippen LogP contribution in [0.25, 0.3) is 0 Å². The minimum absolute atomic E-state index is 0.154. The average molecular weight is 314 g/mol. The lowest BCUT2D eigenvalue weighted by Gasteiger charge is -2.51. The van der Waals surface area contributed by atoms with Crippen LogP contribution in [0.15, 0.2) is 47.4 Å². The van der Waals surface area contributed by atoms with E-state index in [2.05, 4.69) is 24.3 Å². The lowest BCUT2D eigenvalue weighted by atomic mass is 9.60. The Morgan fingerprint density at radius 2 is 1.77 bits per heavy atom. The molecule has 1 aromatic rings. The van der Waals surface area contributed by atoms with Gasteiger partial charge in [0.25, 0.3) is 0 Å². The van der Waals surface area contributed by atoms with Crippen molar-refractivity contribution in [1.29, 1.82) is 0 Å². The molecule has 0 N–H and O–H groups in total. The van der Waals surface area contributed by atoms with E-state index in [1.807, 2.05) is 18.2 Å². The molecular formula is C18H18O3S. The molecule has 0 heterocycles. The van der Waals surface area contributed by atoms with Crippen LogP contribution in [0.5, 0.6) is 0 Å². The summed E-state index contributed by atoms with van der Waals surface area (Å²) < 4.78 is 4.92. The first-order valence-corrected chi connectivity index (χ1v) is 8.65. The normalized spacial score (nSPS) is 37.5. The average Bonchev–Trinajstić information content (AvgIpc) is 3.03. The van der Waals surface area contributed by atoms with Gasteiger partial charge < -0.3 is 4.74 Å². The van der Waals surface area contributed by atoms with Gasteiger partial charge >= 0.3 is 11.9 Å². The van der Waals surface area contributed by atoms with E-state index >= 15 is 0 Å². The standard InChI is InChI=1S/C18H18O3S/c1-10(19)21-18(20)16-14-11-7-8-12(9-11)15(14)17(16)22-13-5-3-2-4-6-13/h2-8,11-12,14-17H,9H2,1H3/t11-,12+,14-,15+,16?,17?/m0/s1. The van der Waals surface area contributed by atoms with Gasteiger partial charge in [-0.25, -0.2) is 0 Å². The number of rotatable bonds is 3. The molecule has 2 saturated carbocycles. The summed E-state index contributed by atoms with van der Waals surface area (Å²) in [5, 5.41) is 0.221. The summed E-state index contributed by atoms with van der Waals surface area (Å²) in [6.45, 7) is 1.30. The third-order valence-corrected chi connectivity index (χ3v) is 6.69. The van der Waals surface area contributed by atoms with Crippen LogP contribution in [0, 0.1) is 29.6 Å². The molecule has 0 amide bonds. The van der Waals surface area contributed by atoms with Gasteiger partial charge in [-0.2, -0.15) is 0 Å². The van der Waals surface area contributed by atoms with Gasteiger partial charge in [-0.05, 0) is 42.2 Å². The molecule has 2 fully saturated rings. The van der Waals surface area contributed by atoms with E-state index in [0.29, 0.717) is 23.7 Å². The number of fused-ring (bicyclic) bond motifs is 5. The smallest absolute Gasteiger partial charge is 0.318 e. The number of ether oxygens (including phenoxy) is 1. The zero-order valence-corrected chi connectivity index (χ0v) is 13.2. The third-order valence-electron chi connectivity index (χ3n) is 5.26. The van der Waals surface area contributed by atoms with E-state index in [-0.39, 0.29) is 17.1 Å². The van der Waals surface area contributed by atoms with E-state index in [4.69, 9.17) is 4.74 Å². The van der Waals surface area contributed by atoms with E-state index in [1.54, 1.807) is 11.8 Å². The van der Waals surface area contributed by atoms with Crippen LogP contribution < -0.4 is 0 Å². The third kappa shape index (κ3) is 2.12. The van der Waals surface area contributed by atoms with Crippen LogP contribution in [0.4, 0.5) is 0 Å².